The Kier molecular flexibility index (Phi) is 4.33. The van der Waals surface area contributed by atoms with E-state index in [0.29, 0.717) is 6.54 Å². The molecule has 0 atom stereocenters. The lowest BCUT2D eigenvalue weighted by atomic mass is 10.2. The molecule has 0 bridgehead atoms. The molecule has 18 heavy (non-hydrogen) atoms. The summed E-state index contributed by atoms with van der Waals surface area (Å²) in [4.78, 5) is 1.33. The number of rotatable bonds is 5. The zero-order valence-corrected chi connectivity index (χ0v) is 11.1. The lowest BCUT2D eigenvalue weighted by molar-refractivity contribution is 0.431. The van der Waals surface area contributed by atoms with Crippen molar-refractivity contribution in [1.29, 1.82) is 0 Å². The van der Waals surface area contributed by atoms with E-state index >= 15 is 0 Å². The summed E-state index contributed by atoms with van der Waals surface area (Å²) < 4.78 is 13.1. The Balaban J connectivity index is 1.90. The van der Waals surface area contributed by atoms with Crippen LogP contribution in [0.1, 0.15) is 22.9 Å². The number of benzene rings is 1. The second-order valence-electron chi connectivity index (χ2n) is 4.11. The fraction of sp³-hybridized carbons (Fsp3) is 0.286. The minimum Gasteiger partial charge on any atom is -0.505 e. The van der Waals surface area contributed by atoms with E-state index in [1.807, 2.05) is 0 Å². The van der Waals surface area contributed by atoms with Gasteiger partial charge in [-0.2, -0.15) is 0 Å². The molecular weight excluding hydrogens is 249 g/mol. The topological polar surface area (TPSA) is 32.3 Å². The lowest BCUT2D eigenvalue weighted by Gasteiger charge is -2.06. The van der Waals surface area contributed by atoms with Crippen molar-refractivity contribution in [3.63, 3.8) is 0 Å². The summed E-state index contributed by atoms with van der Waals surface area (Å²) in [5.74, 6) is -0.870. The van der Waals surface area contributed by atoms with Crippen LogP contribution in [0.15, 0.2) is 29.6 Å². The third kappa shape index (κ3) is 3.09. The van der Waals surface area contributed by atoms with Crippen molar-refractivity contribution in [2.24, 2.45) is 0 Å². The normalized spacial score (nSPS) is 10.8. The van der Waals surface area contributed by atoms with Crippen LogP contribution < -0.4 is 5.32 Å². The minimum absolute atomic E-state index is 0.301. The van der Waals surface area contributed by atoms with E-state index in [1.54, 1.807) is 17.4 Å². The predicted octanol–water partition coefficient (Wildman–Crippen LogP) is 3.45. The molecule has 2 rings (SSSR count). The number of nitrogens with one attached hydrogen (secondary N) is 1. The first-order valence-corrected chi connectivity index (χ1v) is 6.82. The van der Waals surface area contributed by atoms with E-state index in [0.717, 1.165) is 18.5 Å². The van der Waals surface area contributed by atoms with Crippen molar-refractivity contribution < 1.29 is 9.50 Å². The summed E-state index contributed by atoms with van der Waals surface area (Å²) in [7, 11) is 0. The quantitative estimate of drug-likeness (QED) is 0.868. The zero-order chi connectivity index (χ0) is 13.0. The van der Waals surface area contributed by atoms with Gasteiger partial charge in [-0.05, 0) is 41.1 Å². The number of aryl methyl sites for hydroxylation is 1. The molecule has 1 aromatic carbocycles. The molecule has 2 N–H and O–H groups in total. The van der Waals surface area contributed by atoms with Crippen LogP contribution >= 0.6 is 11.3 Å². The number of halogens is 1. The first-order valence-electron chi connectivity index (χ1n) is 5.94. The van der Waals surface area contributed by atoms with Crippen LogP contribution in [-0.2, 0) is 19.5 Å². The van der Waals surface area contributed by atoms with Crippen LogP contribution in [0.2, 0.25) is 0 Å². The van der Waals surface area contributed by atoms with Gasteiger partial charge < -0.3 is 10.4 Å². The van der Waals surface area contributed by atoms with Gasteiger partial charge in [0.05, 0.1) is 0 Å². The van der Waals surface area contributed by atoms with Gasteiger partial charge in [0.15, 0.2) is 11.6 Å². The SMILES string of the molecule is CCc1ccsc1CNCc1ccc(O)c(F)c1. The number of phenolic OH excluding ortho intramolecular Hbond substituents is 1. The first-order chi connectivity index (χ1) is 8.70. The molecule has 0 aliphatic rings. The van der Waals surface area contributed by atoms with Gasteiger partial charge in [0.2, 0.25) is 0 Å². The van der Waals surface area contributed by atoms with Crippen molar-refractivity contribution in [2.75, 3.05) is 0 Å². The highest BCUT2D eigenvalue weighted by Gasteiger charge is 2.03. The summed E-state index contributed by atoms with van der Waals surface area (Å²) >= 11 is 1.74. The highest BCUT2D eigenvalue weighted by molar-refractivity contribution is 7.10. The molecule has 0 radical (unpaired) electrons. The van der Waals surface area contributed by atoms with E-state index in [2.05, 4.69) is 23.7 Å². The Morgan fingerprint density at radius 2 is 2.11 bits per heavy atom. The summed E-state index contributed by atoms with van der Waals surface area (Å²) in [6.45, 7) is 3.53. The molecule has 2 nitrogen and oxygen atoms in total. The second-order valence-corrected chi connectivity index (χ2v) is 5.11. The molecule has 1 aromatic heterocycles. The maximum Gasteiger partial charge on any atom is 0.165 e. The molecule has 0 fully saturated rings. The highest BCUT2D eigenvalue weighted by Crippen LogP contribution is 2.18. The summed E-state index contributed by atoms with van der Waals surface area (Å²) in [5, 5.41) is 14.5. The minimum atomic E-state index is -0.570. The van der Waals surface area contributed by atoms with Gasteiger partial charge in [-0.1, -0.05) is 13.0 Å². The van der Waals surface area contributed by atoms with E-state index in [9.17, 15) is 4.39 Å². The van der Waals surface area contributed by atoms with E-state index in [-0.39, 0.29) is 5.75 Å². The van der Waals surface area contributed by atoms with Crippen LogP contribution in [0, 0.1) is 5.82 Å². The van der Waals surface area contributed by atoms with Crippen molar-refractivity contribution in [3.05, 3.63) is 51.5 Å². The standard InChI is InChI=1S/C14H16FNOS/c1-2-11-5-6-18-14(11)9-16-8-10-3-4-13(17)12(15)7-10/h3-7,16-17H,2,8-9H2,1H3. The third-order valence-corrected chi connectivity index (χ3v) is 3.81. The summed E-state index contributed by atoms with van der Waals surface area (Å²) in [6, 6.07) is 6.61. The highest BCUT2D eigenvalue weighted by atomic mass is 32.1. The van der Waals surface area contributed by atoms with Gasteiger partial charge in [-0.15, -0.1) is 11.3 Å². The fourth-order valence-electron chi connectivity index (χ4n) is 1.82. The number of thiophene rings is 1. The first kappa shape index (κ1) is 13.1. The molecule has 0 spiro atoms. The summed E-state index contributed by atoms with van der Waals surface area (Å²) in [6.07, 6.45) is 1.04. The number of hydrogen-bond acceptors (Lipinski definition) is 3. The monoisotopic (exact) mass is 265 g/mol. The molecule has 96 valence electrons. The largest absolute Gasteiger partial charge is 0.505 e. The average Bonchev–Trinajstić information content (AvgIpc) is 2.81. The molecule has 0 aliphatic carbocycles. The second kappa shape index (κ2) is 5.98. The molecule has 0 unspecified atom stereocenters. The molecule has 0 saturated carbocycles. The van der Waals surface area contributed by atoms with Crippen LogP contribution in [-0.4, -0.2) is 5.11 Å². The van der Waals surface area contributed by atoms with Crippen LogP contribution in [0.5, 0.6) is 5.75 Å². The Morgan fingerprint density at radius 3 is 2.83 bits per heavy atom. The Labute approximate surface area is 110 Å². The maximum atomic E-state index is 13.1. The van der Waals surface area contributed by atoms with Gasteiger partial charge >= 0.3 is 0 Å². The molecular formula is C14H16FNOS. The van der Waals surface area contributed by atoms with Gasteiger partial charge in [-0.25, -0.2) is 4.39 Å². The van der Waals surface area contributed by atoms with Crippen LogP contribution in [0.4, 0.5) is 4.39 Å². The molecule has 0 amide bonds. The Bertz CT molecular complexity index is 524. The number of hydrogen-bond donors (Lipinski definition) is 2. The number of aromatic hydroxyl groups is 1. The third-order valence-electron chi connectivity index (χ3n) is 2.85. The molecule has 4 heteroatoms. The zero-order valence-electron chi connectivity index (χ0n) is 10.2. The van der Waals surface area contributed by atoms with Crippen molar-refractivity contribution in [2.45, 2.75) is 26.4 Å². The molecule has 2 aromatic rings. The maximum absolute atomic E-state index is 13.1. The lowest BCUT2D eigenvalue weighted by Crippen LogP contribution is -2.12. The average molecular weight is 265 g/mol. The number of phenols is 1. The van der Waals surface area contributed by atoms with Crippen LogP contribution in [0.25, 0.3) is 0 Å². The van der Waals surface area contributed by atoms with Crippen molar-refractivity contribution in [1.82, 2.24) is 5.32 Å². The predicted molar refractivity (Wildman–Crippen MR) is 72.3 cm³/mol. The van der Waals surface area contributed by atoms with E-state index < -0.39 is 5.82 Å². The fourth-order valence-corrected chi connectivity index (χ4v) is 2.76. The Morgan fingerprint density at radius 1 is 1.28 bits per heavy atom. The van der Waals surface area contributed by atoms with Crippen molar-refractivity contribution >= 4 is 11.3 Å². The molecule has 0 aliphatic heterocycles. The van der Waals surface area contributed by atoms with Gasteiger partial charge in [0.25, 0.3) is 0 Å². The van der Waals surface area contributed by atoms with Gasteiger partial charge in [-0.3, -0.25) is 0 Å². The molecule has 1 heterocycles. The van der Waals surface area contributed by atoms with Gasteiger partial charge in [0, 0.05) is 18.0 Å². The summed E-state index contributed by atoms with van der Waals surface area (Å²) in [5.41, 5.74) is 2.20. The van der Waals surface area contributed by atoms with Crippen molar-refractivity contribution in [3.8, 4) is 5.75 Å². The molecule has 0 saturated heterocycles. The van der Waals surface area contributed by atoms with Gasteiger partial charge in [0.1, 0.15) is 0 Å². The van der Waals surface area contributed by atoms with Crippen LogP contribution in [0.3, 0.4) is 0 Å². The van der Waals surface area contributed by atoms with E-state index in [4.69, 9.17) is 5.11 Å². The van der Waals surface area contributed by atoms with E-state index in [1.165, 1.54) is 22.6 Å². The smallest absolute Gasteiger partial charge is 0.165 e. The Hall–Kier alpha value is -1.39.